The molecule has 0 spiro atoms. The number of benzene rings is 3. The van der Waals surface area contributed by atoms with Gasteiger partial charge in [0.1, 0.15) is 0 Å². The van der Waals surface area contributed by atoms with Crippen molar-refractivity contribution in [1.82, 2.24) is 0 Å². The third kappa shape index (κ3) is 3.78. The third-order valence-electron chi connectivity index (χ3n) is 3.66. The molecule has 0 saturated heterocycles. The Morgan fingerprint density at radius 1 is 0.833 bits per heavy atom. The van der Waals surface area contributed by atoms with Gasteiger partial charge in [-0.15, -0.1) is 0 Å². The van der Waals surface area contributed by atoms with E-state index in [4.69, 9.17) is 23.2 Å². The second-order valence-electron chi connectivity index (χ2n) is 5.34. The second-order valence-corrected chi connectivity index (χ2v) is 6.18. The summed E-state index contributed by atoms with van der Waals surface area (Å²) in [7, 11) is 0. The number of carbonyl (C=O) groups excluding carboxylic acids is 1. The number of anilines is 1. The zero-order chi connectivity index (χ0) is 16.9. The minimum Gasteiger partial charge on any atom is -0.304 e. The molecule has 0 N–H and O–H groups in total. The maximum atomic E-state index is 13.1. The summed E-state index contributed by atoms with van der Waals surface area (Å²) in [6.45, 7) is 0.461. The smallest absolute Gasteiger partial charge is 0.260 e. The van der Waals surface area contributed by atoms with E-state index in [1.165, 1.54) is 0 Å². The Bertz CT molecular complexity index is 835. The standard InChI is InChI=1S/C20H15Cl2NO/c21-16-11-12-18(19(22)13-16)20(24)23(17-9-5-2-6-10-17)14-15-7-3-1-4-8-15/h1-13H,14H2. The summed E-state index contributed by atoms with van der Waals surface area (Å²) in [6.07, 6.45) is 0. The molecule has 24 heavy (non-hydrogen) atoms. The molecule has 0 bridgehead atoms. The zero-order valence-electron chi connectivity index (χ0n) is 12.8. The molecule has 120 valence electrons. The Morgan fingerprint density at radius 3 is 2.08 bits per heavy atom. The van der Waals surface area contributed by atoms with Crippen LogP contribution in [0.25, 0.3) is 0 Å². The van der Waals surface area contributed by atoms with Gasteiger partial charge in [-0.3, -0.25) is 4.79 Å². The molecule has 0 aliphatic carbocycles. The van der Waals surface area contributed by atoms with Gasteiger partial charge in [0.25, 0.3) is 5.91 Å². The van der Waals surface area contributed by atoms with E-state index in [-0.39, 0.29) is 5.91 Å². The van der Waals surface area contributed by atoms with E-state index in [0.717, 1.165) is 11.3 Å². The summed E-state index contributed by atoms with van der Waals surface area (Å²) in [5.74, 6) is -0.160. The van der Waals surface area contributed by atoms with Crippen molar-refractivity contribution in [2.24, 2.45) is 0 Å². The minimum atomic E-state index is -0.160. The molecule has 0 fully saturated rings. The van der Waals surface area contributed by atoms with Gasteiger partial charge in [-0.25, -0.2) is 0 Å². The second kappa shape index (κ2) is 7.52. The fourth-order valence-corrected chi connectivity index (χ4v) is 2.95. The van der Waals surface area contributed by atoms with Crippen molar-refractivity contribution >= 4 is 34.8 Å². The lowest BCUT2D eigenvalue weighted by Crippen LogP contribution is -2.30. The fourth-order valence-electron chi connectivity index (χ4n) is 2.46. The van der Waals surface area contributed by atoms with Gasteiger partial charge >= 0.3 is 0 Å². The van der Waals surface area contributed by atoms with E-state index in [1.807, 2.05) is 60.7 Å². The predicted molar refractivity (Wildman–Crippen MR) is 99.9 cm³/mol. The molecule has 0 aliphatic rings. The van der Waals surface area contributed by atoms with Gasteiger partial charge in [0, 0.05) is 10.7 Å². The van der Waals surface area contributed by atoms with E-state index in [0.29, 0.717) is 22.2 Å². The van der Waals surface area contributed by atoms with E-state index >= 15 is 0 Å². The van der Waals surface area contributed by atoms with Crippen molar-refractivity contribution in [2.75, 3.05) is 4.90 Å². The number of amides is 1. The maximum absolute atomic E-state index is 13.1. The first-order chi connectivity index (χ1) is 11.6. The Balaban J connectivity index is 1.99. The lowest BCUT2D eigenvalue weighted by molar-refractivity contribution is 0.0985. The van der Waals surface area contributed by atoms with Gasteiger partial charge in [0.15, 0.2) is 0 Å². The number of para-hydroxylation sites is 1. The maximum Gasteiger partial charge on any atom is 0.260 e. The molecule has 0 aliphatic heterocycles. The van der Waals surface area contributed by atoms with E-state index in [9.17, 15) is 4.79 Å². The van der Waals surface area contributed by atoms with Crippen molar-refractivity contribution in [3.05, 3.63) is 100 Å². The minimum absolute atomic E-state index is 0.160. The van der Waals surface area contributed by atoms with Crippen LogP contribution < -0.4 is 4.90 Å². The average Bonchev–Trinajstić information content (AvgIpc) is 2.61. The molecule has 2 nitrogen and oxygen atoms in total. The fraction of sp³-hybridized carbons (Fsp3) is 0.0500. The van der Waals surface area contributed by atoms with Gasteiger partial charge < -0.3 is 4.90 Å². The van der Waals surface area contributed by atoms with Crippen molar-refractivity contribution in [2.45, 2.75) is 6.54 Å². The van der Waals surface area contributed by atoms with Crippen LogP contribution >= 0.6 is 23.2 Å². The largest absolute Gasteiger partial charge is 0.304 e. The Kier molecular flexibility index (Phi) is 5.19. The van der Waals surface area contributed by atoms with Gasteiger partial charge in [0.2, 0.25) is 0 Å². The quantitative estimate of drug-likeness (QED) is 0.575. The van der Waals surface area contributed by atoms with Crippen molar-refractivity contribution in [3.8, 4) is 0 Å². The molecule has 0 radical (unpaired) electrons. The van der Waals surface area contributed by atoms with Crippen LogP contribution in [0.2, 0.25) is 10.0 Å². The van der Waals surface area contributed by atoms with Crippen molar-refractivity contribution in [3.63, 3.8) is 0 Å². The molecule has 3 rings (SSSR count). The summed E-state index contributed by atoms with van der Waals surface area (Å²) in [6, 6.07) is 24.3. The number of carbonyl (C=O) groups is 1. The van der Waals surface area contributed by atoms with Crippen molar-refractivity contribution < 1.29 is 4.79 Å². The predicted octanol–water partition coefficient (Wildman–Crippen LogP) is 5.84. The van der Waals surface area contributed by atoms with Crippen LogP contribution in [0.15, 0.2) is 78.9 Å². The summed E-state index contributed by atoms with van der Waals surface area (Å²) < 4.78 is 0. The molecule has 0 saturated carbocycles. The Labute approximate surface area is 151 Å². The lowest BCUT2D eigenvalue weighted by Gasteiger charge is -2.23. The highest BCUT2D eigenvalue weighted by Crippen LogP contribution is 2.26. The normalized spacial score (nSPS) is 10.4. The average molecular weight is 356 g/mol. The lowest BCUT2D eigenvalue weighted by atomic mass is 10.1. The van der Waals surface area contributed by atoms with Crippen LogP contribution in [-0.2, 0) is 6.54 Å². The highest BCUT2D eigenvalue weighted by Gasteiger charge is 2.20. The molecule has 4 heteroatoms. The van der Waals surface area contributed by atoms with Crippen LogP contribution in [0.1, 0.15) is 15.9 Å². The third-order valence-corrected chi connectivity index (χ3v) is 4.21. The topological polar surface area (TPSA) is 20.3 Å². The number of hydrogen-bond acceptors (Lipinski definition) is 1. The first-order valence-corrected chi connectivity index (χ1v) is 8.26. The van der Waals surface area contributed by atoms with Crippen LogP contribution in [-0.4, -0.2) is 5.91 Å². The van der Waals surface area contributed by atoms with Gasteiger partial charge in [-0.1, -0.05) is 71.7 Å². The molecule has 1 amide bonds. The highest BCUT2D eigenvalue weighted by molar-refractivity contribution is 6.37. The highest BCUT2D eigenvalue weighted by atomic mass is 35.5. The number of halogens is 2. The van der Waals surface area contributed by atoms with Crippen molar-refractivity contribution in [1.29, 1.82) is 0 Å². The van der Waals surface area contributed by atoms with Crippen LogP contribution in [0.5, 0.6) is 0 Å². The molecule has 0 unspecified atom stereocenters. The number of nitrogens with zero attached hydrogens (tertiary/aromatic N) is 1. The Hall–Kier alpha value is -2.29. The molecular formula is C20H15Cl2NO. The summed E-state index contributed by atoms with van der Waals surface area (Å²) >= 11 is 12.2. The summed E-state index contributed by atoms with van der Waals surface area (Å²) in [4.78, 5) is 14.8. The SMILES string of the molecule is O=C(c1ccc(Cl)cc1Cl)N(Cc1ccccc1)c1ccccc1. The molecule has 0 heterocycles. The summed E-state index contributed by atoms with van der Waals surface area (Å²) in [5, 5.41) is 0.854. The Morgan fingerprint density at radius 2 is 1.46 bits per heavy atom. The summed E-state index contributed by atoms with van der Waals surface area (Å²) in [5.41, 5.74) is 2.29. The monoisotopic (exact) mass is 355 g/mol. The molecule has 3 aromatic carbocycles. The first kappa shape index (κ1) is 16.6. The van der Waals surface area contributed by atoms with Gasteiger partial charge in [0.05, 0.1) is 17.1 Å². The van der Waals surface area contributed by atoms with E-state index in [2.05, 4.69) is 0 Å². The van der Waals surface area contributed by atoms with E-state index in [1.54, 1.807) is 23.1 Å². The van der Waals surface area contributed by atoms with Crippen LogP contribution in [0.4, 0.5) is 5.69 Å². The van der Waals surface area contributed by atoms with E-state index < -0.39 is 0 Å². The zero-order valence-corrected chi connectivity index (χ0v) is 14.3. The number of hydrogen-bond donors (Lipinski definition) is 0. The molecule has 0 atom stereocenters. The molecular weight excluding hydrogens is 341 g/mol. The van der Waals surface area contributed by atoms with Crippen LogP contribution in [0.3, 0.4) is 0 Å². The number of rotatable bonds is 4. The van der Waals surface area contributed by atoms with Gasteiger partial charge in [-0.05, 0) is 35.9 Å². The van der Waals surface area contributed by atoms with Crippen LogP contribution in [0, 0.1) is 0 Å². The molecule has 0 aromatic heterocycles. The molecule has 3 aromatic rings. The van der Waals surface area contributed by atoms with Gasteiger partial charge in [-0.2, -0.15) is 0 Å². The first-order valence-electron chi connectivity index (χ1n) is 7.51.